The van der Waals surface area contributed by atoms with Crippen LogP contribution in [0.5, 0.6) is 5.75 Å². The Hall–Kier alpha value is -1.55. The van der Waals surface area contributed by atoms with Gasteiger partial charge in [0.1, 0.15) is 5.75 Å². The Balaban J connectivity index is 1.74. The largest absolute Gasteiger partial charge is 0.496 e. The smallest absolute Gasteiger partial charge is 0.123 e. The number of benzene rings is 2. The Bertz CT molecular complexity index is 795. The second-order valence-corrected chi connectivity index (χ2v) is 8.36. The van der Waals surface area contributed by atoms with Crippen molar-refractivity contribution >= 4 is 11.6 Å². The number of methoxy groups -OCH3 is 1. The normalized spacial score (nSPS) is 28.6. The maximum absolute atomic E-state index is 11.4. The number of hydrogen-bond acceptors (Lipinski definition) is 3. The van der Waals surface area contributed by atoms with E-state index in [-0.39, 0.29) is 12.0 Å². The zero-order valence-corrected chi connectivity index (χ0v) is 16.7. The van der Waals surface area contributed by atoms with Gasteiger partial charge in [-0.15, -0.1) is 0 Å². The van der Waals surface area contributed by atoms with E-state index in [1.165, 1.54) is 12.0 Å². The molecule has 3 nitrogen and oxygen atoms in total. The molecule has 1 saturated heterocycles. The summed E-state index contributed by atoms with van der Waals surface area (Å²) in [7, 11) is 1.73. The van der Waals surface area contributed by atoms with Crippen LogP contribution in [0.1, 0.15) is 49.3 Å². The molecule has 1 N–H and O–H groups in total. The maximum Gasteiger partial charge on any atom is 0.123 e. The van der Waals surface area contributed by atoms with Crippen LogP contribution in [-0.2, 0) is 6.54 Å². The minimum atomic E-state index is -0.569. The molecule has 4 rings (SSSR count). The average Bonchev–Trinajstić information content (AvgIpc) is 2.69. The number of nitrogens with zero attached hydrogens (tertiary/aromatic N) is 1. The Morgan fingerprint density at radius 3 is 2.70 bits per heavy atom. The molecule has 2 aliphatic rings. The molecule has 2 aromatic carbocycles. The van der Waals surface area contributed by atoms with Crippen LogP contribution in [0.2, 0.25) is 5.02 Å². The van der Waals surface area contributed by atoms with Gasteiger partial charge in [-0.25, -0.2) is 0 Å². The quantitative estimate of drug-likeness (QED) is 0.783. The van der Waals surface area contributed by atoms with Crippen LogP contribution in [0.15, 0.2) is 48.5 Å². The van der Waals surface area contributed by atoms with Gasteiger partial charge < -0.3 is 9.84 Å². The molecule has 1 aliphatic carbocycles. The summed E-state index contributed by atoms with van der Waals surface area (Å²) in [6.07, 6.45) is 5.09. The summed E-state index contributed by atoms with van der Waals surface area (Å²) in [6.45, 7) is 1.65. The summed E-state index contributed by atoms with van der Waals surface area (Å²) >= 11 is 6.46. The SMILES string of the molecule is COc1ccccc1[C@H]1[C@H]2CCCC[C@]2(O)CCN1Cc1ccccc1Cl. The Labute approximate surface area is 166 Å². The van der Waals surface area contributed by atoms with Crippen LogP contribution in [0.25, 0.3) is 0 Å². The van der Waals surface area contributed by atoms with Crippen LogP contribution in [0.3, 0.4) is 0 Å². The van der Waals surface area contributed by atoms with Crippen molar-refractivity contribution in [2.45, 2.75) is 50.3 Å². The molecule has 0 bridgehead atoms. The number of rotatable bonds is 4. The van der Waals surface area contributed by atoms with E-state index in [2.05, 4.69) is 23.1 Å². The fraction of sp³-hybridized carbons (Fsp3) is 0.478. The van der Waals surface area contributed by atoms with Crippen molar-refractivity contribution in [2.24, 2.45) is 5.92 Å². The van der Waals surface area contributed by atoms with Crippen molar-refractivity contribution < 1.29 is 9.84 Å². The van der Waals surface area contributed by atoms with Gasteiger partial charge in [0.15, 0.2) is 0 Å². The van der Waals surface area contributed by atoms with Gasteiger partial charge in [-0.2, -0.15) is 0 Å². The number of para-hydroxylation sites is 1. The lowest BCUT2D eigenvalue weighted by molar-refractivity contribution is -0.126. The lowest BCUT2D eigenvalue weighted by atomic mass is 9.66. The van der Waals surface area contributed by atoms with E-state index >= 15 is 0 Å². The maximum atomic E-state index is 11.4. The molecule has 1 heterocycles. The van der Waals surface area contributed by atoms with Crippen molar-refractivity contribution in [3.8, 4) is 5.75 Å². The molecule has 4 heteroatoms. The highest BCUT2D eigenvalue weighted by Crippen LogP contribution is 2.51. The third-order valence-electron chi connectivity index (χ3n) is 6.46. The number of hydrogen-bond donors (Lipinski definition) is 1. The summed E-state index contributed by atoms with van der Waals surface area (Å²) in [4.78, 5) is 2.49. The van der Waals surface area contributed by atoms with Crippen molar-refractivity contribution in [2.75, 3.05) is 13.7 Å². The summed E-state index contributed by atoms with van der Waals surface area (Å²) < 4.78 is 5.70. The molecular formula is C23H28ClNO2. The van der Waals surface area contributed by atoms with Crippen molar-refractivity contribution in [1.82, 2.24) is 4.90 Å². The average molecular weight is 386 g/mol. The number of fused-ring (bicyclic) bond motifs is 1. The third kappa shape index (κ3) is 3.61. The second-order valence-electron chi connectivity index (χ2n) is 7.95. The molecule has 0 spiro atoms. The molecule has 3 atom stereocenters. The van der Waals surface area contributed by atoms with E-state index in [1.54, 1.807) is 7.11 Å². The highest BCUT2D eigenvalue weighted by molar-refractivity contribution is 6.31. The van der Waals surface area contributed by atoms with Gasteiger partial charge >= 0.3 is 0 Å². The van der Waals surface area contributed by atoms with Gasteiger partial charge in [0.05, 0.1) is 12.7 Å². The number of likely N-dealkylation sites (tertiary alicyclic amines) is 1. The Morgan fingerprint density at radius 1 is 1.11 bits per heavy atom. The molecule has 1 saturated carbocycles. The van der Waals surface area contributed by atoms with E-state index in [0.29, 0.717) is 0 Å². The molecule has 0 aromatic heterocycles. The van der Waals surface area contributed by atoms with Crippen molar-refractivity contribution in [3.63, 3.8) is 0 Å². The van der Waals surface area contributed by atoms with Crippen LogP contribution < -0.4 is 4.74 Å². The highest BCUT2D eigenvalue weighted by atomic mass is 35.5. The molecular weight excluding hydrogens is 358 g/mol. The third-order valence-corrected chi connectivity index (χ3v) is 6.83. The van der Waals surface area contributed by atoms with Crippen LogP contribution >= 0.6 is 11.6 Å². The first-order valence-electron chi connectivity index (χ1n) is 9.95. The van der Waals surface area contributed by atoms with E-state index in [0.717, 1.165) is 55.1 Å². The standard InChI is InChI=1S/C23H28ClNO2/c1-27-21-12-5-3-9-18(21)22-19-10-6-7-13-23(19,26)14-15-25(22)16-17-8-2-4-11-20(17)24/h2-5,8-9,11-12,19,22,26H,6-7,10,13-16H2,1H3/t19-,22+,23+/m1/s1. The fourth-order valence-electron chi connectivity index (χ4n) is 5.09. The first-order chi connectivity index (χ1) is 13.1. The van der Waals surface area contributed by atoms with Gasteiger partial charge in [0.25, 0.3) is 0 Å². The fourth-order valence-corrected chi connectivity index (χ4v) is 5.28. The highest BCUT2D eigenvalue weighted by Gasteiger charge is 2.49. The van der Waals surface area contributed by atoms with Crippen molar-refractivity contribution in [3.05, 3.63) is 64.7 Å². The molecule has 0 amide bonds. The zero-order valence-electron chi connectivity index (χ0n) is 15.9. The number of aliphatic hydroxyl groups is 1. The van der Waals surface area contributed by atoms with Gasteiger partial charge in [-0.1, -0.05) is 60.8 Å². The van der Waals surface area contributed by atoms with Gasteiger partial charge in [0.2, 0.25) is 0 Å². The molecule has 144 valence electrons. The molecule has 1 aliphatic heterocycles. The monoisotopic (exact) mass is 385 g/mol. The minimum Gasteiger partial charge on any atom is -0.496 e. The summed E-state index contributed by atoms with van der Waals surface area (Å²) in [6, 6.07) is 16.5. The van der Waals surface area contributed by atoms with Gasteiger partial charge in [-0.3, -0.25) is 4.90 Å². The zero-order chi connectivity index (χ0) is 18.9. The minimum absolute atomic E-state index is 0.136. The first-order valence-corrected chi connectivity index (χ1v) is 10.3. The van der Waals surface area contributed by atoms with Gasteiger partial charge in [-0.05, 0) is 37.0 Å². The second kappa shape index (κ2) is 7.83. The lowest BCUT2D eigenvalue weighted by Crippen LogP contribution is -2.54. The van der Waals surface area contributed by atoms with Crippen molar-refractivity contribution in [1.29, 1.82) is 0 Å². The molecule has 0 radical (unpaired) electrons. The predicted octanol–water partition coefficient (Wildman–Crippen LogP) is 5.22. The number of piperidine rings is 1. The van der Waals surface area contributed by atoms with E-state index < -0.39 is 5.60 Å². The summed E-state index contributed by atoms with van der Waals surface area (Å²) in [5.74, 6) is 1.13. The lowest BCUT2D eigenvalue weighted by Gasteiger charge is -2.53. The van der Waals surface area contributed by atoms with E-state index in [9.17, 15) is 5.11 Å². The van der Waals surface area contributed by atoms with E-state index in [1.807, 2.05) is 30.3 Å². The molecule has 0 unspecified atom stereocenters. The molecule has 2 fully saturated rings. The van der Waals surface area contributed by atoms with Crippen LogP contribution in [-0.4, -0.2) is 29.3 Å². The summed E-state index contributed by atoms with van der Waals surface area (Å²) in [5, 5.41) is 12.2. The topological polar surface area (TPSA) is 32.7 Å². The number of ether oxygens (including phenoxy) is 1. The molecule has 2 aromatic rings. The van der Waals surface area contributed by atoms with Gasteiger partial charge in [0, 0.05) is 35.6 Å². The predicted molar refractivity (Wildman–Crippen MR) is 109 cm³/mol. The van der Waals surface area contributed by atoms with Crippen LogP contribution in [0, 0.1) is 5.92 Å². The molecule has 27 heavy (non-hydrogen) atoms. The Kier molecular flexibility index (Phi) is 5.45. The first kappa shape index (κ1) is 18.8. The van der Waals surface area contributed by atoms with E-state index in [4.69, 9.17) is 16.3 Å². The number of halogens is 1. The van der Waals surface area contributed by atoms with Crippen LogP contribution in [0.4, 0.5) is 0 Å². The summed E-state index contributed by atoms with van der Waals surface area (Å²) in [5.41, 5.74) is 1.75. The Morgan fingerprint density at radius 2 is 1.89 bits per heavy atom.